The number of methoxy groups -OCH3 is 3. The molecule has 2 heterocycles. The van der Waals surface area contributed by atoms with Gasteiger partial charge in [-0.2, -0.15) is 0 Å². The number of nitrogens with zero attached hydrogens (tertiary/aromatic N) is 2. The molecule has 1 amide bonds. The Kier molecular flexibility index (Phi) is 12.8. The topological polar surface area (TPSA) is 123 Å². The van der Waals surface area contributed by atoms with Crippen molar-refractivity contribution in [3.8, 4) is 28.7 Å². The van der Waals surface area contributed by atoms with E-state index in [1.807, 2.05) is 31.3 Å². The van der Waals surface area contributed by atoms with Crippen LogP contribution in [0.15, 0.2) is 42.7 Å². The highest BCUT2D eigenvalue weighted by atomic mass is 16.5. The Balaban J connectivity index is 1.49. The number of likely N-dealkylation sites (tertiary alicyclic amines) is 1. The molecule has 3 aromatic rings. The number of piperidine rings is 1. The van der Waals surface area contributed by atoms with Crippen molar-refractivity contribution in [1.29, 1.82) is 0 Å². The van der Waals surface area contributed by atoms with Crippen LogP contribution in [0.5, 0.6) is 28.7 Å². The van der Waals surface area contributed by atoms with E-state index < -0.39 is 29.8 Å². The number of pyridine rings is 1. The van der Waals surface area contributed by atoms with Crippen LogP contribution in [0.3, 0.4) is 0 Å². The summed E-state index contributed by atoms with van der Waals surface area (Å²) in [7, 11) is 4.34. The monoisotopic (exact) mass is 702 g/mol. The summed E-state index contributed by atoms with van der Waals surface area (Å²) in [5.74, 6) is 0.111. The van der Waals surface area contributed by atoms with Gasteiger partial charge < -0.3 is 33.3 Å². The van der Waals surface area contributed by atoms with Crippen LogP contribution in [0.1, 0.15) is 91.1 Å². The number of Topliss-reactive ketones (excluding diaryl/α,β-unsaturated/α-hetero) is 1. The maximum atomic E-state index is 14.4. The molecule has 11 nitrogen and oxygen atoms in total. The van der Waals surface area contributed by atoms with E-state index in [4.69, 9.17) is 28.4 Å². The average Bonchev–Trinajstić information content (AvgIpc) is 3.16. The quantitative estimate of drug-likeness (QED) is 0.0967. The smallest absolute Gasteiger partial charge is 0.329 e. The van der Waals surface area contributed by atoms with Crippen LogP contribution in [-0.4, -0.2) is 74.7 Å². The molecule has 0 unspecified atom stereocenters. The molecule has 0 bridgehead atoms. The van der Waals surface area contributed by atoms with Crippen LogP contribution in [0, 0.1) is 12.8 Å². The summed E-state index contributed by atoms with van der Waals surface area (Å²) in [6, 6.07) is 7.89. The summed E-state index contributed by atoms with van der Waals surface area (Å²) < 4.78 is 35.3. The van der Waals surface area contributed by atoms with Gasteiger partial charge in [0.25, 0.3) is 11.7 Å². The van der Waals surface area contributed by atoms with E-state index in [1.54, 1.807) is 6.20 Å². The first-order valence-corrected chi connectivity index (χ1v) is 17.9. The first kappa shape index (κ1) is 37.5. The number of benzene rings is 2. The normalized spacial score (nSPS) is 18.3. The van der Waals surface area contributed by atoms with Crippen molar-refractivity contribution < 1.29 is 42.8 Å². The highest BCUT2D eigenvalue weighted by Crippen LogP contribution is 2.47. The van der Waals surface area contributed by atoms with Gasteiger partial charge in [-0.05, 0) is 88.1 Å². The van der Waals surface area contributed by atoms with Crippen molar-refractivity contribution >= 4 is 17.7 Å². The lowest BCUT2D eigenvalue weighted by Crippen LogP contribution is -2.51. The Morgan fingerprint density at radius 3 is 2.25 bits per heavy atom. The predicted octanol–water partition coefficient (Wildman–Crippen LogP) is 6.65. The Hall–Kier alpha value is -4.80. The number of hydrogen-bond donors (Lipinski definition) is 0. The molecule has 1 aliphatic heterocycles. The Morgan fingerprint density at radius 2 is 1.61 bits per heavy atom. The number of ketones is 1. The van der Waals surface area contributed by atoms with Crippen LogP contribution in [0.4, 0.5) is 0 Å². The van der Waals surface area contributed by atoms with Crippen LogP contribution in [-0.2, 0) is 27.2 Å². The minimum absolute atomic E-state index is 0.0690. The van der Waals surface area contributed by atoms with Crippen molar-refractivity contribution in [2.45, 2.75) is 84.3 Å². The van der Waals surface area contributed by atoms with Gasteiger partial charge in [0.1, 0.15) is 23.6 Å². The van der Waals surface area contributed by atoms with Gasteiger partial charge in [-0.25, -0.2) is 4.79 Å². The second kappa shape index (κ2) is 17.4. The zero-order valence-electron chi connectivity index (χ0n) is 30.6. The molecule has 274 valence electrons. The van der Waals surface area contributed by atoms with Crippen molar-refractivity contribution in [3.05, 3.63) is 70.5 Å². The summed E-state index contributed by atoms with van der Waals surface area (Å²) in [4.78, 5) is 47.6. The minimum atomic E-state index is -0.932. The maximum absolute atomic E-state index is 14.4. The lowest BCUT2D eigenvalue weighted by Gasteiger charge is -2.38. The summed E-state index contributed by atoms with van der Waals surface area (Å²) in [5.41, 5.74) is 3.91. The summed E-state index contributed by atoms with van der Waals surface area (Å²) >= 11 is 0. The zero-order chi connectivity index (χ0) is 36.5. The Bertz CT molecular complexity index is 1670. The van der Waals surface area contributed by atoms with Gasteiger partial charge in [0.2, 0.25) is 5.75 Å². The molecular formula is C40H50N2O9. The SMILES string of the molecule is CCCOc1cc2c(c(OCCC)c1C)CC[C@@H](Cc1cccnc1)[C@H]2OC(=O)[C@@H]1CCCCN1C(=O)C(=O)c1cc(OC)c(OC)c(OC)c1. The van der Waals surface area contributed by atoms with E-state index in [1.165, 1.54) is 38.4 Å². The van der Waals surface area contributed by atoms with Gasteiger partial charge in [-0.3, -0.25) is 14.6 Å². The van der Waals surface area contributed by atoms with Crippen LogP contribution in [0.2, 0.25) is 0 Å². The molecule has 1 fully saturated rings. The third kappa shape index (κ3) is 8.24. The molecule has 0 spiro atoms. The zero-order valence-corrected chi connectivity index (χ0v) is 30.6. The molecule has 0 N–H and O–H groups in total. The van der Waals surface area contributed by atoms with Crippen molar-refractivity contribution in [2.75, 3.05) is 41.1 Å². The van der Waals surface area contributed by atoms with E-state index in [9.17, 15) is 14.4 Å². The highest BCUT2D eigenvalue weighted by Gasteiger charge is 2.41. The number of amides is 1. The molecular weight excluding hydrogens is 652 g/mol. The molecule has 3 atom stereocenters. The second-order valence-corrected chi connectivity index (χ2v) is 13.1. The van der Waals surface area contributed by atoms with E-state index >= 15 is 0 Å². The number of fused-ring (bicyclic) bond motifs is 1. The van der Waals surface area contributed by atoms with Gasteiger partial charge in [0.15, 0.2) is 11.5 Å². The molecule has 11 heteroatoms. The molecule has 1 saturated heterocycles. The van der Waals surface area contributed by atoms with Gasteiger partial charge in [0, 0.05) is 47.1 Å². The number of hydrogen-bond acceptors (Lipinski definition) is 10. The first-order chi connectivity index (χ1) is 24.8. The second-order valence-electron chi connectivity index (χ2n) is 13.1. The Morgan fingerprint density at radius 1 is 0.882 bits per heavy atom. The van der Waals surface area contributed by atoms with Crippen molar-refractivity contribution in [1.82, 2.24) is 9.88 Å². The van der Waals surface area contributed by atoms with Gasteiger partial charge in [-0.1, -0.05) is 19.9 Å². The van der Waals surface area contributed by atoms with Gasteiger partial charge >= 0.3 is 5.97 Å². The van der Waals surface area contributed by atoms with Crippen LogP contribution in [0.25, 0.3) is 0 Å². The fraction of sp³-hybridized carbons (Fsp3) is 0.500. The number of esters is 1. The number of ether oxygens (including phenoxy) is 6. The fourth-order valence-corrected chi connectivity index (χ4v) is 7.09. The van der Waals surface area contributed by atoms with E-state index in [0.717, 1.165) is 53.7 Å². The molecule has 2 aliphatic rings. The van der Waals surface area contributed by atoms with Crippen LogP contribution >= 0.6 is 0 Å². The van der Waals surface area contributed by atoms with Crippen LogP contribution < -0.4 is 23.7 Å². The third-order valence-corrected chi connectivity index (χ3v) is 9.65. The highest BCUT2D eigenvalue weighted by molar-refractivity contribution is 6.43. The maximum Gasteiger partial charge on any atom is 0.329 e. The average molecular weight is 703 g/mol. The van der Waals surface area contributed by atoms with E-state index in [2.05, 4.69) is 18.8 Å². The first-order valence-electron chi connectivity index (χ1n) is 17.9. The standard InChI is InChI=1S/C40H50N2O9/c1-7-18-49-32-23-30-29(36(25(32)3)50-19-8-2)15-14-27(20-26-12-11-16-41-24-26)37(30)51-40(45)31-13-9-10-17-42(31)39(44)35(43)28-21-33(46-4)38(48-6)34(22-28)47-5/h11-12,16,21-24,27,31,37H,7-10,13-15,17-20H2,1-6H3/t27-,31-,37+/m0/s1. The predicted molar refractivity (Wildman–Crippen MR) is 191 cm³/mol. The lowest BCUT2D eigenvalue weighted by atomic mass is 9.77. The van der Waals surface area contributed by atoms with E-state index in [-0.39, 0.29) is 29.5 Å². The van der Waals surface area contributed by atoms with Crippen molar-refractivity contribution in [3.63, 3.8) is 0 Å². The third-order valence-electron chi connectivity index (χ3n) is 9.65. The fourth-order valence-electron chi connectivity index (χ4n) is 7.09. The molecule has 1 aliphatic carbocycles. The number of rotatable bonds is 15. The summed E-state index contributed by atoms with van der Waals surface area (Å²) in [6.45, 7) is 7.47. The van der Waals surface area contributed by atoms with Gasteiger partial charge in [0.05, 0.1) is 34.5 Å². The lowest BCUT2D eigenvalue weighted by molar-refractivity contribution is -0.163. The number of carbonyl (C=O) groups is 3. The molecule has 0 saturated carbocycles. The number of carbonyl (C=O) groups excluding carboxylic acids is 3. The molecule has 1 aromatic heterocycles. The van der Waals surface area contributed by atoms with E-state index in [0.29, 0.717) is 50.4 Å². The summed E-state index contributed by atoms with van der Waals surface area (Å²) in [5, 5.41) is 0. The molecule has 0 radical (unpaired) electrons. The van der Waals surface area contributed by atoms with Gasteiger partial charge in [-0.15, -0.1) is 0 Å². The van der Waals surface area contributed by atoms with Crippen molar-refractivity contribution in [2.24, 2.45) is 5.92 Å². The summed E-state index contributed by atoms with van der Waals surface area (Å²) in [6.07, 6.45) is 8.51. The Labute approximate surface area is 300 Å². The minimum Gasteiger partial charge on any atom is -0.493 e. The largest absolute Gasteiger partial charge is 0.493 e. The molecule has 51 heavy (non-hydrogen) atoms. The molecule has 5 rings (SSSR count). The molecule has 2 aromatic carbocycles. The number of aromatic nitrogens is 1.